The summed E-state index contributed by atoms with van der Waals surface area (Å²) in [7, 11) is -3.47. The third-order valence-corrected chi connectivity index (χ3v) is 7.47. The Labute approximate surface area is 211 Å². The van der Waals surface area contributed by atoms with Crippen molar-refractivity contribution in [1.82, 2.24) is 10.3 Å². The number of hydrogen-bond acceptors (Lipinski definition) is 8. The van der Waals surface area contributed by atoms with E-state index in [1.807, 2.05) is 31.2 Å². The van der Waals surface area contributed by atoms with Crippen LogP contribution < -0.4 is 16.4 Å². The number of nitrogens with zero attached hydrogens (tertiary/aromatic N) is 1. The van der Waals surface area contributed by atoms with Gasteiger partial charge in [-0.1, -0.05) is 37.3 Å². The summed E-state index contributed by atoms with van der Waals surface area (Å²) in [5.41, 5.74) is 8.11. The third kappa shape index (κ3) is 7.51. The molecule has 2 atom stereocenters. The average Bonchev–Trinajstić information content (AvgIpc) is 2.84. The van der Waals surface area contributed by atoms with E-state index >= 15 is 0 Å². The number of anilines is 2. The zero-order chi connectivity index (χ0) is 26.3. The van der Waals surface area contributed by atoms with Gasteiger partial charge in [0.15, 0.2) is 9.84 Å². The van der Waals surface area contributed by atoms with Gasteiger partial charge in [0.25, 0.3) is 0 Å². The van der Waals surface area contributed by atoms with Crippen LogP contribution in [-0.4, -0.2) is 47.9 Å². The quantitative estimate of drug-likeness (QED) is 0.246. The number of hydrogen-bond donors (Lipinski definition) is 5. The fraction of sp³-hybridized carbons (Fsp3) is 0.308. The molecule has 0 fully saturated rings. The Balaban J connectivity index is 1.56. The van der Waals surface area contributed by atoms with Gasteiger partial charge in [-0.3, -0.25) is 4.79 Å². The summed E-state index contributed by atoms with van der Waals surface area (Å²) < 4.78 is 24.2. The zero-order valence-electron chi connectivity index (χ0n) is 20.3. The minimum absolute atomic E-state index is 0.0411. The smallest absolute Gasteiger partial charge is 0.228 e. The first-order valence-corrected chi connectivity index (χ1v) is 13.3. The van der Waals surface area contributed by atoms with Crippen LogP contribution in [0.15, 0.2) is 65.7 Å². The number of amides is 1. The first-order valence-electron chi connectivity index (χ1n) is 11.6. The number of aromatic nitrogens is 1. The molecule has 0 aliphatic rings. The number of nitrogen functional groups attached to an aromatic ring is 1. The van der Waals surface area contributed by atoms with E-state index in [1.54, 1.807) is 18.3 Å². The van der Waals surface area contributed by atoms with E-state index in [0.717, 1.165) is 11.1 Å². The Hall–Kier alpha value is -3.47. The number of rotatable bonds is 11. The highest BCUT2D eigenvalue weighted by atomic mass is 32.2. The lowest BCUT2D eigenvalue weighted by molar-refractivity contribution is -0.115. The minimum atomic E-state index is -3.47. The van der Waals surface area contributed by atoms with Gasteiger partial charge in [-0.2, -0.15) is 0 Å². The van der Waals surface area contributed by atoms with Gasteiger partial charge in [0.1, 0.15) is 11.6 Å². The molecule has 0 spiro atoms. The summed E-state index contributed by atoms with van der Waals surface area (Å²) in [6.45, 7) is 3.89. The maximum atomic E-state index is 12.6. The van der Waals surface area contributed by atoms with Gasteiger partial charge in [0, 0.05) is 24.3 Å². The molecule has 1 heterocycles. The summed E-state index contributed by atoms with van der Waals surface area (Å²) in [5.74, 6) is -0.262. The van der Waals surface area contributed by atoms with E-state index in [4.69, 9.17) is 5.73 Å². The third-order valence-electron chi connectivity index (χ3n) is 5.73. The number of carbonyl (C=O) groups excluding carboxylic acids is 1. The molecule has 0 aliphatic heterocycles. The fourth-order valence-corrected chi connectivity index (χ4v) is 4.60. The largest absolute Gasteiger partial charge is 0.506 e. The van der Waals surface area contributed by atoms with Gasteiger partial charge in [-0.25, -0.2) is 13.4 Å². The van der Waals surface area contributed by atoms with Crippen molar-refractivity contribution in [3.8, 4) is 5.75 Å². The fourth-order valence-electron chi connectivity index (χ4n) is 3.69. The molecule has 3 aromatic rings. The zero-order valence-corrected chi connectivity index (χ0v) is 21.1. The molecular formula is C26H32N4O5S. The lowest BCUT2D eigenvalue weighted by Gasteiger charge is -2.18. The van der Waals surface area contributed by atoms with E-state index < -0.39 is 15.9 Å². The summed E-state index contributed by atoms with van der Waals surface area (Å²) in [6.07, 6.45) is 1.58. The maximum Gasteiger partial charge on any atom is 0.228 e. The van der Waals surface area contributed by atoms with Gasteiger partial charge in [0.2, 0.25) is 5.91 Å². The van der Waals surface area contributed by atoms with Crippen LogP contribution in [0.1, 0.15) is 36.6 Å². The maximum absolute atomic E-state index is 12.6. The average molecular weight is 513 g/mol. The number of nitrogens with one attached hydrogen (secondary N) is 2. The molecule has 0 radical (unpaired) electrons. The SMILES string of the molecule is CCS(=O)(=O)c1ccc(O)c(NC(=O)Cc2cccc(C[C@@H](C)NC[C@H](O)c3ccc(N)nc3)c2)c1. The molecule has 6 N–H and O–H groups in total. The molecule has 1 amide bonds. The number of aliphatic hydroxyl groups excluding tert-OH is 1. The topological polar surface area (TPSA) is 155 Å². The molecule has 0 saturated carbocycles. The number of phenolic OH excluding ortho intramolecular Hbond substituents is 1. The van der Waals surface area contributed by atoms with E-state index in [-0.39, 0.29) is 40.5 Å². The first kappa shape index (κ1) is 27.1. The van der Waals surface area contributed by atoms with Crippen LogP contribution in [0.4, 0.5) is 11.5 Å². The Morgan fingerprint density at radius 1 is 1.11 bits per heavy atom. The molecule has 0 saturated heterocycles. The Kier molecular flexibility index (Phi) is 9.03. The summed E-state index contributed by atoms with van der Waals surface area (Å²) in [6, 6.07) is 14.9. The molecule has 9 nitrogen and oxygen atoms in total. The van der Waals surface area contributed by atoms with Crippen molar-refractivity contribution in [2.24, 2.45) is 0 Å². The second kappa shape index (κ2) is 12.0. The Morgan fingerprint density at radius 2 is 1.86 bits per heavy atom. The van der Waals surface area contributed by atoms with Crippen molar-refractivity contribution in [3.05, 3.63) is 77.5 Å². The standard InChI is InChI=1S/C26H32N4O5S/c1-3-36(34,35)21-8-9-23(31)22(14-21)30-26(33)13-19-6-4-5-18(12-19)11-17(2)28-16-24(32)20-7-10-25(27)29-15-20/h4-10,12,14-15,17,24,28,31-32H,3,11,13,16H2,1-2H3,(H2,27,29)(H,30,33)/t17-,24+/m1/s1. The van der Waals surface area contributed by atoms with E-state index in [2.05, 4.69) is 15.6 Å². The van der Waals surface area contributed by atoms with E-state index in [0.29, 0.717) is 24.3 Å². The highest BCUT2D eigenvalue weighted by Crippen LogP contribution is 2.27. The molecule has 0 bridgehead atoms. The Morgan fingerprint density at radius 3 is 2.56 bits per heavy atom. The van der Waals surface area contributed by atoms with Crippen LogP contribution in [0.5, 0.6) is 5.75 Å². The van der Waals surface area contributed by atoms with Crippen molar-refractivity contribution in [2.45, 2.75) is 43.7 Å². The first-order chi connectivity index (χ1) is 17.1. The monoisotopic (exact) mass is 512 g/mol. The molecule has 0 unspecified atom stereocenters. The number of aromatic hydroxyl groups is 1. The highest BCUT2D eigenvalue weighted by Gasteiger charge is 2.16. The molecule has 192 valence electrons. The van der Waals surface area contributed by atoms with Crippen LogP contribution in [0.2, 0.25) is 0 Å². The molecule has 3 rings (SSSR count). The lowest BCUT2D eigenvalue weighted by atomic mass is 10.0. The van der Waals surface area contributed by atoms with Gasteiger partial charge < -0.3 is 26.6 Å². The summed E-state index contributed by atoms with van der Waals surface area (Å²) in [5, 5.41) is 26.3. The van der Waals surface area contributed by atoms with Gasteiger partial charge in [-0.15, -0.1) is 0 Å². The number of sulfone groups is 1. The van der Waals surface area contributed by atoms with Crippen molar-refractivity contribution in [3.63, 3.8) is 0 Å². The number of aliphatic hydroxyl groups is 1. The van der Waals surface area contributed by atoms with E-state index in [1.165, 1.54) is 25.1 Å². The molecule has 36 heavy (non-hydrogen) atoms. The van der Waals surface area contributed by atoms with Crippen molar-refractivity contribution >= 4 is 27.2 Å². The van der Waals surface area contributed by atoms with Gasteiger partial charge in [-0.05, 0) is 48.7 Å². The number of nitrogens with two attached hydrogens (primary N) is 1. The van der Waals surface area contributed by atoms with E-state index in [9.17, 15) is 23.4 Å². The summed E-state index contributed by atoms with van der Waals surface area (Å²) >= 11 is 0. The molecule has 2 aromatic carbocycles. The van der Waals surface area contributed by atoms with Gasteiger partial charge >= 0.3 is 0 Å². The highest BCUT2D eigenvalue weighted by molar-refractivity contribution is 7.91. The molecule has 0 aliphatic carbocycles. The number of phenols is 1. The minimum Gasteiger partial charge on any atom is -0.506 e. The lowest BCUT2D eigenvalue weighted by Crippen LogP contribution is -2.32. The number of benzene rings is 2. The second-order valence-electron chi connectivity index (χ2n) is 8.67. The van der Waals surface area contributed by atoms with Crippen LogP contribution in [-0.2, 0) is 27.5 Å². The summed E-state index contributed by atoms with van der Waals surface area (Å²) in [4.78, 5) is 16.6. The van der Waals surface area contributed by atoms with Crippen LogP contribution in [0.3, 0.4) is 0 Å². The predicted octanol–water partition coefficient (Wildman–Crippen LogP) is 2.60. The van der Waals surface area contributed by atoms with Crippen LogP contribution in [0.25, 0.3) is 0 Å². The number of pyridine rings is 1. The van der Waals surface area contributed by atoms with Gasteiger partial charge in [0.05, 0.1) is 28.9 Å². The predicted molar refractivity (Wildman–Crippen MR) is 139 cm³/mol. The van der Waals surface area contributed by atoms with Crippen molar-refractivity contribution < 1.29 is 23.4 Å². The molecule has 1 aromatic heterocycles. The Bertz CT molecular complexity index is 1300. The normalized spacial score (nSPS) is 13.2. The second-order valence-corrected chi connectivity index (χ2v) is 11.0. The molecule has 10 heteroatoms. The van der Waals surface area contributed by atoms with Crippen molar-refractivity contribution in [1.29, 1.82) is 0 Å². The number of carbonyl (C=O) groups is 1. The van der Waals surface area contributed by atoms with Crippen LogP contribution in [0, 0.1) is 0 Å². The molecular weight excluding hydrogens is 480 g/mol. The van der Waals surface area contributed by atoms with Crippen LogP contribution >= 0.6 is 0 Å². The van der Waals surface area contributed by atoms with Crippen molar-refractivity contribution in [2.75, 3.05) is 23.3 Å².